The third-order valence-corrected chi connectivity index (χ3v) is 3.79. The molecule has 4 nitrogen and oxygen atoms in total. The fraction of sp³-hybridized carbons (Fsp3) is 0.692. The van der Waals surface area contributed by atoms with Gasteiger partial charge in [0.2, 0.25) is 0 Å². The van der Waals surface area contributed by atoms with E-state index in [0.29, 0.717) is 5.92 Å². The van der Waals surface area contributed by atoms with Gasteiger partial charge in [-0.05, 0) is 33.6 Å². The van der Waals surface area contributed by atoms with Gasteiger partial charge in [0.1, 0.15) is 11.8 Å². The Bertz CT molecular complexity index is 390. The molecule has 0 spiro atoms. The molecule has 0 unspecified atom stereocenters. The number of amides is 1. The average molecular weight is 267 g/mol. The molecule has 99 valence electrons. The number of hydrogen-bond donors (Lipinski definition) is 0. The minimum atomic E-state index is -0.418. The van der Waals surface area contributed by atoms with Gasteiger partial charge >= 0.3 is 6.09 Å². The third-order valence-electron chi connectivity index (χ3n) is 2.90. The Labute approximate surface area is 112 Å². The second kappa shape index (κ2) is 5.26. The quantitative estimate of drug-likeness (QED) is 0.785. The zero-order valence-corrected chi connectivity index (χ0v) is 11.9. The molecule has 0 aliphatic carbocycles. The first-order valence-corrected chi connectivity index (χ1v) is 7.13. The van der Waals surface area contributed by atoms with Gasteiger partial charge < -0.3 is 9.64 Å². The van der Waals surface area contributed by atoms with E-state index >= 15 is 0 Å². The molecule has 1 aromatic heterocycles. The molecule has 1 saturated heterocycles. The Hall–Kier alpha value is -1.10. The normalized spacial score (nSPS) is 17.8. The van der Waals surface area contributed by atoms with Crippen molar-refractivity contribution in [2.75, 3.05) is 13.1 Å². The fourth-order valence-electron chi connectivity index (χ4n) is 2.03. The molecule has 0 aromatic carbocycles. The van der Waals surface area contributed by atoms with E-state index in [-0.39, 0.29) is 6.09 Å². The largest absolute Gasteiger partial charge is 0.444 e. The predicted molar refractivity (Wildman–Crippen MR) is 70.7 cm³/mol. The standard InChI is InChI=1S/C13H19N2O2S/c1-13(2,3)17-12(16)15-7-4-10(5-8-15)11-14-6-9-18-11/h9-10H,4-5,7-8H2,1-3H3. The van der Waals surface area contributed by atoms with Crippen LogP contribution in [0.2, 0.25) is 0 Å². The second-order valence-corrected chi connectivity index (χ2v) is 6.45. The molecule has 1 amide bonds. The van der Waals surface area contributed by atoms with Crippen LogP contribution in [0.25, 0.3) is 0 Å². The van der Waals surface area contributed by atoms with Gasteiger partial charge in [-0.3, -0.25) is 0 Å². The lowest BCUT2D eigenvalue weighted by atomic mass is 9.98. The van der Waals surface area contributed by atoms with E-state index in [9.17, 15) is 4.79 Å². The summed E-state index contributed by atoms with van der Waals surface area (Å²) in [4.78, 5) is 17.9. The van der Waals surface area contributed by atoms with Crippen LogP contribution in [0.3, 0.4) is 0 Å². The van der Waals surface area contributed by atoms with Crippen molar-refractivity contribution in [1.29, 1.82) is 0 Å². The van der Waals surface area contributed by atoms with Crippen LogP contribution in [-0.2, 0) is 4.74 Å². The lowest BCUT2D eigenvalue weighted by Crippen LogP contribution is -2.41. The Morgan fingerprint density at radius 3 is 2.67 bits per heavy atom. The number of ether oxygens (including phenoxy) is 1. The van der Waals surface area contributed by atoms with Crippen LogP contribution in [0.15, 0.2) is 5.38 Å². The summed E-state index contributed by atoms with van der Waals surface area (Å²) in [5.41, 5.74) is -0.418. The van der Waals surface area contributed by atoms with Crippen molar-refractivity contribution >= 4 is 17.4 Å². The lowest BCUT2D eigenvalue weighted by molar-refractivity contribution is 0.0205. The van der Waals surface area contributed by atoms with Gasteiger partial charge in [0, 0.05) is 24.4 Å². The second-order valence-electron chi connectivity index (χ2n) is 5.56. The van der Waals surface area contributed by atoms with Crippen LogP contribution in [0, 0.1) is 6.20 Å². The maximum atomic E-state index is 11.9. The van der Waals surface area contributed by atoms with Crippen molar-refractivity contribution < 1.29 is 9.53 Å². The first-order chi connectivity index (χ1) is 8.46. The van der Waals surface area contributed by atoms with Crippen LogP contribution in [0.1, 0.15) is 44.5 Å². The number of carbonyl (C=O) groups is 1. The molecule has 0 saturated carbocycles. The van der Waals surface area contributed by atoms with Crippen molar-refractivity contribution in [3.63, 3.8) is 0 Å². The Balaban J connectivity index is 1.85. The Morgan fingerprint density at radius 1 is 1.50 bits per heavy atom. The van der Waals surface area contributed by atoms with Gasteiger partial charge in [0.15, 0.2) is 0 Å². The molecule has 1 aliphatic heterocycles. The zero-order valence-electron chi connectivity index (χ0n) is 11.1. The van der Waals surface area contributed by atoms with Crippen LogP contribution in [0.5, 0.6) is 0 Å². The molecule has 0 bridgehead atoms. The highest BCUT2D eigenvalue weighted by Gasteiger charge is 2.28. The molecule has 2 rings (SSSR count). The molecular weight excluding hydrogens is 248 g/mol. The topological polar surface area (TPSA) is 42.4 Å². The molecule has 2 heterocycles. The molecule has 0 N–H and O–H groups in total. The van der Waals surface area contributed by atoms with Gasteiger partial charge in [-0.1, -0.05) is 0 Å². The molecule has 1 fully saturated rings. The zero-order chi connectivity index (χ0) is 13.2. The third kappa shape index (κ3) is 3.45. The van der Waals surface area contributed by atoms with Gasteiger partial charge in [0.25, 0.3) is 0 Å². The molecule has 5 heteroatoms. The fourth-order valence-corrected chi connectivity index (χ4v) is 2.79. The number of rotatable bonds is 1. The summed E-state index contributed by atoms with van der Waals surface area (Å²) in [7, 11) is 0. The molecule has 1 radical (unpaired) electrons. The first-order valence-electron chi connectivity index (χ1n) is 6.25. The van der Waals surface area contributed by atoms with Crippen LogP contribution < -0.4 is 0 Å². The van der Waals surface area contributed by atoms with Gasteiger partial charge in [0.05, 0.1) is 5.01 Å². The monoisotopic (exact) mass is 267 g/mol. The number of thiazole rings is 1. The summed E-state index contributed by atoms with van der Waals surface area (Å²) in [5, 5.41) is 3.02. The van der Waals surface area contributed by atoms with Crippen LogP contribution in [-0.4, -0.2) is 34.7 Å². The number of piperidine rings is 1. The van der Waals surface area contributed by atoms with Gasteiger partial charge in [-0.25, -0.2) is 9.78 Å². The first kappa shape index (κ1) is 13.3. The van der Waals surface area contributed by atoms with E-state index in [1.54, 1.807) is 16.2 Å². The number of carbonyl (C=O) groups excluding carboxylic acids is 1. The number of aromatic nitrogens is 1. The minimum absolute atomic E-state index is 0.202. The maximum absolute atomic E-state index is 11.9. The summed E-state index contributed by atoms with van der Waals surface area (Å²) in [6.45, 7) is 7.17. The molecule has 1 aliphatic rings. The van der Waals surface area contributed by atoms with E-state index in [1.165, 1.54) is 0 Å². The van der Waals surface area contributed by atoms with E-state index in [2.05, 4.69) is 11.2 Å². The van der Waals surface area contributed by atoms with E-state index in [1.807, 2.05) is 26.2 Å². The summed E-state index contributed by atoms with van der Waals surface area (Å²) < 4.78 is 5.37. The van der Waals surface area contributed by atoms with Crippen molar-refractivity contribution in [2.45, 2.75) is 45.1 Å². The average Bonchev–Trinajstić information content (AvgIpc) is 2.80. The van der Waals surface area contributed by atoms with Crippen molar-refractivity contribution in [3.8, 4) is 0 Å². The molecular formula is C13H19N2O2S. The number of likely N-dealkylation sites (tertiary alicyclic amines) is 1. The minimum Gasteiger partial charge on any atom is -0.444 e. The molecule has 18 heavy (non-hydrogen) atoms. The summed E-state index contributed by atoms with van der Waals surface area (Å²) in [6, 6.07) is 0. The van der Waals surface area contributed by atoms with E-state index < -0.39 is 5.60 Å². The highest BCUT2D eigenvalue weighted by molar-refractivity contribution is 7.09. The van der Waals surface area contributed by atoms with E-state index in [4.69, 9.17) is 4.74 Å². The lowest BCUT2D eigenvalue weighted by Gasteiger charge is -2.32. The highest BCUT2D eigenvalue weighted by atomic mass is 32.1. The Kier molecular flexibility index (Phi) is 3.90. The van der Waals surface area contributed by atoms with Crippen molar-refractivity contribution in [3.05, 3.63) is 16.6 Å². The smallest absolute Gasteiger partial charge is 0.410 e. The molecule has 0 atom stereocenters. The highest BCUT2D eigenvalue weighted by Crippen LogP contribution is 2.29. The number of nitrogens with zero attached hydrogens (tertiary/aromatic N) is 2. The summed E-state index contributed by atoms with van der Waals surface area (Å²) >= 11 is 1.65. The predicted octanol–water partition coefficient (Wildman–Crippen LogP) is 3.06. The van der Waals surface area contributed by atoms with E-state index in [0.717, 1.165) is 30.9 Å². The van der Waals surface area contributed by atoms with Crippen LogP contribution >= 0.6 is 11.3 Å². The Morgan fingerprint density at radius 2 is 2.17 bits per heavy atom. The SMILES string of the molecule is CC(C)(C)OC(=O)N1CCC(c2n[c]cs2)CC1. The van der Waals surface area contributed by atoms with Crippen LogP contribution in [0.4, 0.5) is 4.79 Å². The van der Waals surface area contributed by atoms with Crippen molar-refractivity contribution in [1.82, 2.24) is 9.88 Å². The summed E-state index contributed by atoms with van der Waals surface area (Å²) in [5.74, 6) is 0.472. The summed E-state index contributed by atoms with van der Waals surface area (Å²) in [6.07, 6.45) is 4.57. The van der Waals surface area contributed by atoms with Gasteiger partial charge in [-0.15, -0.1) is 11.3 Å². The number of hydrogen-bond acceptors (Lipinski definition) is 4. The van der Waals surface area contributed by atoms with Gasteiger partial charge in [-0.2, -0.15) is 0 Å². The molecule has 1 aromatic rings. The van der Waals surface area contributed by atoms with Crippen molar-refractivity contribution in [2.24, 2.45) is 0 Å². The maximum Gasteiger partial charge on any atom is 0.410 e.